The summed E-state index contributed by atoms with van der Waals surface area (Å²) in [7, 11) is 0. The predicted octanol–water partition coefficient (Wildman–Crippen LogP) is 2.30. The number of benzene rings is 1. The molecule has 4 heteroatoms. The van der Waals surface area contributed by atoms with Crippen molar-refractivity contribution in [1.29, 1.82) is 0 Å². The van der Waals surface area contributed by atoms with Crippen molar-refractivity contribution in [2.75, 3.05) is 18.0 Å². The first kappa shape index (κ1) is 11.5. The van der Waals surface area contributed by atoms with Crippen molar-refractivity contribution in [1.82, 2.24) is 9.97 Å². The minimum Gasteiger partial charge on any atom is -0.390 e. The van der Waals surface area contributed by atoms with E-state index in [1.54, 1.807) is 6.33 Å². The maximum Gasteiger partial charge on any atom is 0.112 e. The quantitative estimate of drug-likeness (QED) is 0.853. The summed E-state index contributed by atoms with van der Waals surface area (Å²) in [5, 5.41) is 10.3. The molecule has 0 bridgehead atoms. The Bertz CT molecular complexity index is 541. The first-order valence-corrected chi connectivity index (χ1v) is 6.61. The first-order valence-electron chi connectivity index (χ1n) is 6.61. The summed E-state index contributed by atoms with van der Waals surface area (Å²) >= 11 is 0. The van der Waals surface area contributed by atoms with E-state index in [1.165, 1.54) is 5.69 Å². The van der Waals surface area contributed by atoms with Crippen LogP contribution in [0, 0.1) is 0 Å². The lowest BCUT2D eigenvalue weighted by molar-refractivity contribution is 0.0126. The third-order valence-corrected chi connectivity index (χ3v) is 4.12. The highest BCUT2D eigenvalue weighted by Gasteiger charge is 2.30. The van der Waals surface area contributed by atoms with Gasteiger partial charge in [0.1, 0.15) is 5.52 Å². The standard InChI is InChI=1S/C14H19N3O/c1-2-14(18)6-8-17(9-7-14)12-5-3-4-11-13(12)16-10-15-11/h3-5,10,18H,2,6-9H2,1H3,(H,15,16). The molecular formula is C14H19N3O. The van der Waals surface area contributed by atoms with Crippen LogP contribution >= 0.6 is 0 Å². The number of piperidine rings is 1. The zero-order valence-corrected chi connectivity index (χ0v) is 10.7. The number of rotatable bonds is 2. The third-order valence-electron chi connectivity index (χ3n) is 4.12. The molecule has 1 fully saturated rings. The van der Waals surface area contributed by atoms with E-state index in [-0.39, 0.29) is 0 Å². The third kappa shape index (κ3) is 1.86. The van der Waals surface area contributed by atoms with Crippen molar-refractivity contribution >= 4 is 16.7 Å². The van der Waals surface area contributed by atoms with Gasteiger partial charge < -0.3 is 15.0 Å². The summed E-state index contributed by atoms with van der Waals surface area (Å²) in [5.41, 5.74) is 2.81. The van der Waals surface area contributed by atoms with Crippen molar-refractivity contribution in [2.45, 2.75) is 31.8 Å². The van der Waals surface area contributed by atoms with Gasteiger partial charge in [-0.1, -0.05) is 13.0 Å². The number of hydrogen-bond acceptors (Lipinski definition) is 3. The lowest BCUT2D eigenvalue weighted by atomic mass is 9.89. The number of aromatic nitrogens is 2. The van der Waals surface area contributed by atoms with Crippen molar-refractivity contribution in [2.24, 2.45) is 0 Å². The number of fused-ring (bicyclic) bond motifs is 1. The normalized spacial score (nSPS) is 19.3. The van der Waals surface area contributed by atoms with Gasteiger partial charge in [0.2, 0.25) is 0 Å². The maximum atomic E-state index is 10.3. The molecule has 4 nitrogen and oxygen atoms in total. The molecule has 0 aliphatic carbocycles. The fraction of sp³-hybridized carbons (Fsp3) is 0.500. The van der Waals surface area contributed by atoms with Crippen molar-refractivity contribution in [3.05, 3.63) is 24.5 Å². The molecule has 1 aliphatic rings. The number of aliphatic hydroxyl groups is 1. The number of H-pyrrole nitrogens is 1. The fourth-order valence-electron chi connectivity index (χ4n) is 2.72. The summed E-state index contributed by atoms with van der Waals surface area (Å²) in [6, 6.07) is 6.20. The number of nitrogens with one attached hydrogen (secondary N) is 1. The van der Waals surface area contributed by atoms with E-state index in [0.29, 0.717) is 0 Å². The molecule has 18 heavy (non-hydrogen) atoms. The van der Waals surface area contributed by atoms with Gasteiger partial charge in [-0.25, -0.2) is 4.98 Å². The molecular weight excluding hydrogens is 226 g/mol. The van der Waals surface area contributed by atoms with Crippen LogP contribution in [0.25, 0.3) is 11.0 Å². The Hall–Kier alpha value is -1.55. The van der Waals surface area contributed by atoms with Crippen molar-refractivity contribution in [3.8, 4) is 0 Å². The van der Waals surface area contributed by atoms with E-state index in [1.807, 2.05) is 6.07 Å². The van der Waals surface area contributed by atoms with Crippen LogP contribution in [0.5, 0.6) is 0 Å². The smallest absolute Gasteiger partial charge is 0.112 e. The van der Waals surface area contributed by atoms with Crippen LogP contribution in [0.2, 0.25) is 0 Å². The Morgan fingerprint density at radius 2 is 2.17 bits per heavy atom. The monoisotopic (exact) mass is 245 g/mol. The highest BCUT2D eigenvalue weighted by atomic mass is 16.3. The van der Waals surface area contributed by atoms with E-state index in [4.69, 9.17) is 0 Å². The van der Waals surface area contributed by atoms with Gasteiger partial charge in [-0.15, -0.1) is 0 Å². The van der Waals surface area contributed by atoms with Crippen LogP contribution in [0.1, 0.15) is 26.2 Å². The summed E-state index contributed by atoms with van der Waals surface area (Å²) < 4.78 is 0. The SMILES string of the molecule is CCC1(O)CCN(c2cccc3[nH]cnc23)CC1. The second-order valence-corrected chi connectivity index (χ2v) is 5.14. The second kappa shape index (κ2) is 4.28. The van der Waals surface area contributed by atoms with Gasteiger partial charge in [-0.05, 0) is 31.4 Å². The topological polar surface area (TPSA) is 52.1 Å². The number of para-hydroxylation sites is 1. The van der Waals surface area contributed by atoms with Crippen LogP contribution < -0.4 is 4.90 Å². The summed E-state index contributed by atoms with van der Waals surface area (Å²) in [4.78, 5) is 9.86. The average Bonchev–Trinajstić information content (AvgIpc) is 2.88. The van der Waals surface area contributed by atoms with Crippen LogP contribution in [0.4, 0.5) is 5.69 Å². The Kier molecular flexibility index (Phi) is 2.74. The van der Waals surface area contributed by atoms with E-state index >= 15 is 0 Å². The number of imidazole rings is 1. The lowest BCUT2D eigenvalue weighted by Crippen LogP contribution is -2.44. The predicted molar refractivity (Wildman–Crippen MR) is 72.8 cm³/mol. The Labute approximate surface area is 107 Å². The molecule has 1 saturated heterocycles. The van der Waals surface area contributed by atoms with Crippen LogP contribution in [-0.4, -0.2) is 33.8 Å². The first-order chi connectivity index (χ1) is 8.72. The summed E-state index contributed by atoms with van der Waals surface area (Å²) in [6.07, 6.45) is 4.25. The molecule has 2 N–H and O–H groups in total. The molecule has 0 atom stereocenters. The van der Waals surface area contributed by atoms with Crippen LogP contribution in [-0.2, 0) is 0 Å². The molecule has 0 saturated carbocycles. The molecule has 1 aliphatic heterocycles. The van der Waals surface area contributed by atoms with E-state index in [2.05, 4.69) is 33.9 Å². The molecule has 0 radical (unpaired) electrons. The summed E-state index contributed by atoms with van der Waals surface area (Å²) in [5.74, 6) is 0. The van der Waals surface area contributed by atoms with Gasteiger partial charge in [-0.2, -0.15) is 0 Å². The van der Waals surface area contributed by atoms with E-state index < -0.39 is 5.60 Å². The van der Waals surface area contributed by atoms with Gasteiger partial charge in [0, 0.05) is 13.1 Å². The molecule has 3 rings (SSSR count). The second-order valence-electron chi connectivity index (χ2n) is 5.14. The fourth-order valence-corrected chi connectivity index (χ4v) is 2.72. The minimum atomic E-state index is -0.462. The van der Waals surface area contributed by atoms with Gasteiger partial charge in [0.15, 0.2) is 0 Å². The number of hydrogen-bond donors (Lipinski definition) is 2. The Morgan fingerprint density at radius 1 is 1.39 bits per heavy atom. The molecule has 1 aromatic carbocycles. The molecule has 2 aromatic rings. The highest BCUT2D eigenvalue weighted by molar-refractivity contribution is 5.88. The van der Waals surface area contributed by atoms with Crippen LogP contribution in [0.15, 0.2) is 24.5 Å². The van der Waals surface area contributed by atoms with Gasteiger partial charge in [0.05, 0.1) is 23.1 Å². The highest BCUT2D eigenvalue weighted by Crippen LogP contribution is 2.31. The molecule has 96 valence electrons. The number of nitrogens with zero attached hydrogens (tertiary/aromatic N) is 2. The number of anilines is 1. The largest absolute Gasteiger partial charge is 0.390 e. The molecule has 1 aromatic heterocycles. The average molecular weight is 245 g/mol. The Morgan fingerprint density at radius 3 is 2.89 bits per heavy atom. The molecule has 0 spiro atoms. The number of aromatic amines is 1. The summed E-state index contributed by atoms with van der Waals surface area (Å²) in [6.45, 7) is 3.86. The zero-order valence-electron chi connectivity index (χ0n) is 10.7. The Balaban J connectivity index is 1.86. The maximum absolute atomic E-state index is 10.3. The zero-order chi connectivity index (χ0) is 12.6. The van der Waals surface area contributed by atoms with Gasteiger partial charge in [0.25, 0.3) is 0 Å². The van der Waals surface area contributed by atoms with E-state index in [9.17, 15) is 5.11 Å². The van der Waals surface area contributed by atoms with Gasteiger partial charge >= 0.3 is 0 Å². The van der Waals surface area contributed by atoms with Crippen molar-refractivity contribution in [3.63, 3.8) is 0 Å². The van der Waals surface area contributed by atoms with Gasteiger partial charge in [-0.3, -0.25) is 0 Å². The lowest BCUT2D eigenvalue weighted by Gasteiger charge is -2.38. The van der Waals surface area contributed by atoms with Crippen LogP contribution in [0.3, 0.4) is 0 Å². The molecule has 0 unspecified atom stereocenters. The van der Waals surface area contributed by atoms with Crippen molar-refractivity contribution < 1.29 is 5.11 Å². The minimum absolute atomic E-state index is 0.462. The molecule has 0 amide bonds. The van der Waals surface area contributed by atoms with E-state index in [0.717, 1.165) is 43.4 Å². The molecule has 2 heterocycles.